The van der Waals surface area contributed by atoms with Crippen LogP contribution in [0.1, 0.15) is 10.5 Å². The first-order chi connectivity index (χ1) is 10.9. The summed E-state index contributed by atoms with van der Waals surface area (Å²) in [4.78, 5) is 20.2. The lowest BCUT2D eigenvalue weighted by Crippen LogP contribution is -2.25. The summed E-state index contributed by atoms with van der Waals surface area (Å²) < 4.78 is 34.5. The summed E-state index contributed by atoms with van der Waals surface area (Å²) in [5.74, 6) is -0.887. The van der Waals surface area contributed by atoms with Gasteiger partial charge in [-0.15, -0.1) is 8.78 Å². The van der Waals surface area contributed by atoms with E-state index in [2.05, 4.69) is 24.8 Å². The highest BCUT2D eigenvalue weighted by molar-refractivity contribution is 7.98. The van der Waals surface area contributed by atoms with Gasteiger partial charge in [-0.3, -0.25) is 4.79 Å². The fourth-order valence-electron chi connectivity index (χ4n) is 1.83. The maximum absolute atomic E-state index is 13.0. The number of aromatic nitrogens is 2. The summed E-state index contributed by atoms with van der Waals surface area (Å²) in [6.07, 6.45) is -0.646. The molecule has 1 aliphatic rings. The van der Waals surface area contributed by atoms with Crippen molar-refractivity contribution >= 4 is 35.0 Å². The molecule has 120 valence electrons. The average Bonchev–Trinajstić information content (AvgIpc) is 2.80. The summed E-state index contributed by atoms with van der Waals surface area (Å²) >= 11 is 7.16. The van der Waals surface area contributed by atoms with Gasteiger partial charge in [-0.2, -0.15) is 0 Å². The number of amides is 1. The largest absolute Gasteiger partial charge is 0.586 e. The Morgan fingerprint density at radius 3 is 2.83 bits per heavy atom. The van der Waals surface area contributed by atoms with Crippen molar-refractivity contribution in [2.75, 3.05) is 11.6 Å². The number of nitrogens with zero attached hydrogens (tertiary/aromatic N) is 2. The fraction of sp³-hybridized carbons (Fsp3) is 0.154. The van der Waals surface area contributed by atoms with E-state index in [-0.39, 0.29) is 27.9 Å². The van der Waals surface area contributed by atoms with E-state index < -0.39 is 12.2 Å². The molecule has 0 bridgehead atoms. The molecule has 0 saturated carbocycles. The third-order valence-corrected chi connectivity index (χ3v) is 3.62. The Labute approximate surface area is 138 Å². The highest BCUT2D eigenvalue weighted by atomic mass is 35.5. The Morgan fingerprint density at radius 1 is 1.35 bits per heavy atom. The molecule has 0 radical (unpaired) electrons. The van der Waals surface area contributed by atoms with E-state index in [1.165, 1.54) is 36.2 Å². The van der Waals surface area contributed by atoms with Crippen LogP contribution in [0.15, 0.2) is 29.6 Å². The van der Waals surface area contributed by atoms with Gasteiger partial charge in [-0.25, -0.2) is 9.97 Å². The van der Waals surface area contributed by atoms with Crippen molar-refractivity contribution < 1.29 is 23.0 Å². The first-order valence-electron chi connectivity index (χ1n) is 6.16. The predicted molar refractivity (Wildman–Crippen MR) is 79.4 cm³/mol. The molecular weight excluding hydrogens is 352 g/mol. The number of benzene rings is 1. The quantitative estimate of drug-likeness (QED) is 0.668. The lowest BCUT2D eigenvalue weighted by molar-refractivity contribution is -0.286. The predicted octanol–water partition coefficient (Wildman–Crippen LogP) is 3.43. The topological polar surface area (TPSA) is 73.3 Å². The lowest BCUT2D eigenvalue weighted by Gasteiger charge is -2.07. The van der Waals surface area contributed by atoms with Crippen molar-refractivity contribution in [3.8, 4) is 11.5 Å². The summed E-state index contributed by atoms with van der Waals surface area (Å²) in [7, 11) is 0. The lowest BCUT2D eigenvalue weighted by atomic mass is 10.2. The van der Waals surface area contributed by atoms with Crippen molar-refractivity contribution in [3.05, 3.63) is 35.1 Å². The number of carbonyl (C=O) groups is 1. The molecule has 0 spiro atoms. The van der Waals surface area contributed by atoms with Crippen LogP contribution in [-0.2, 0) is 0 Å². The molecule has 0 saturated heterocycles. The highest BCUT2D eigenvalue weighted by Gasteiger charge is 2.43. The van der Waals surface area contributed by atoms with E-state index in [0.717, 1.165) is 0 Å². The van der Waals surface area contributed by atoms with Crippen molar-refractivity contribution in [1.29, 1.82) is 0 Å². The van der Waals surface area contributed by atoms with E-state index in [0.29, 0.717) is 5.16 Å². The van der Waals surface area contributed by atoms with E-state index in [1.807, 2.05) is 0 Å². The Bertz CT molecular complexity index is 791. The van der Waals surface area contributed by atoms with Crippen LogP contribution in [0.25, 0.3) is 0 Å². The number of fused-ring (bicyclic) bond motifs is 1. The van der Waals surface area contributed by atoms with Crippen LogP contribution in [0.5, 0.6) is 11.5 Å². The number of nitrogens with one attached hydrogen (secondary N) is 1. The van der Waals surface area contributed by atoms with Crippen LogP contribution >= 0.6 is 23.4 Å². The van der Waals surface area contributed by atoms with Gasteiger partial charge in [0.2, 0.25) is 0 Å². The highest BCUT2D eigenvalue weighted by Crippen LogP contribution is 2.42. The molecule has 2 heterocycles. The van der Waals surface area contributed by atoms with Gasteiger partial charge in [0.15, 0.2) is 22.3 Å². The van der Waals surface area contributed by atoms with Gasteiger partial charge in [0.25, 0.3) is 5.91 Å². The Morgan fingerprint density at radius 2 is 2.09 bits per heavy atom. The van der Waals surface area contributed by atoms with Gasteiger partial charge in [-0.1, -0.05) is 23.4 Å². The van der Waals surface area contributed by atoms with Crippen LogP contribution in [0, 0.1) is 0 Å². The molecule has 0 unspecified atom stereocenters. The number of carbonyl (C=O) groups excluding carboxylic acids is 1. The number of thioether (sulfide) groups is 1. The molecule has 6 nitrogen and oxygen atoms in total. The first kappa shape index (κ1) is 15.8. The average molecular weight is 360 g/mol. The standard InChI is InChI=1S/C13H8ClF2N3O3S/c1-23-12-17-5-7(14)10(19-12)11(20)18-6-2-3-8-9(4-6)22-13(15,16)21-8/h2-5H,1H3,(H,18,20). The van der Waals surface area contributed by atoms with Gasteiger partial charge in [0.05, 0.1) is 11.2 Å². The second-order valence-electron chi connectivity index (χ2n) is 4.34. The van der Waals surface area contributed by atoms with Crippen LogP contribution in [-0.4, -0.2) is 28.4 Å². The molecule has 1 aliphatic heterocycles. The van der Waals surface area contributed by atoms with Crippen molar-refractivity contribution in [2.24, 2.45) is 0 Å². The molecule has 1 N–H and O–H groups in total. The fourth-order valence-corrected chi connectivity index (χ4v) is 2.34. The van der Waals surface area contributed by atoms with Gasteiger partial charge < -0.3 is 14.8 Å². The van der Waals surface area contributed by atoms with Gasteiger partial charge in [-0.05, 0) is 18.4 Å². The van der Waals surface area contributed by atoms with E-state index >= 15 is 0 Å². The molecule has 1 aromatic heterocycles. The number of alkyl halides is 2. The van der Waals surface area contributed by atoms with Crippen molar-refractivity contribution in [3.63, 3.8) is 0 Å². The third kappa shape index (κ3) is 3.30. The smallest absolute Gasteiger partial charge is 0.395 e. The Balaban J connectivity index is 1.82. The number of halogens is 3. The van der Waals surface area contributed by atoms with Gasteiger partial charge in [0.1, 0.15) is 0 Å². The summed E-state index contributed by atoms with van der Waals surface area (Å²) in [6, 6.07) is 3.88. The molecule has 1 aromatic carbocycles. The van der Waals surface area contributed by atoms with Crippen LogP contribution in [0.4, 0.5) is 14.5 Å². The van der Waals surface area contributed by atoms with Gasteiger partial charge in [0, 0.05) is 11.8 Å². The number of ether oxygens (including phenoxy) is 2. The van der Waals surface area contributed by atoms with Crippen LogP contribution in [0.3, 0.4) is 0 Å². The third-order valence-electron chi connectivity index (χ3n) is 2.78. The van der Waals surface area contributed by atoms with Gasteiger partial charge >= 0.3 is 6.29 Å². The monoisotopic (exact) mass is 359 g/mol. The van der Waals surface area contributed by atoms with Crippen LogP contribution in [0.2, 0.25) is 5.02 Å². The number of rotatable bonds is 3. The summed E-state index contributed by atoms with van der Waals surface area (Å²) in [5.41, 5.74) is 0.212. The maximum Gasteiger partial charge on any atom is 0.586 e. The molecule has 23 heavy (non-hydrogen) atoms. The SMILES string of the molecule is CSc1ncc(Cl)c(C(=O)Nc2ccc3c(c2)OC(F)(F)O3)n1. The van der Waals surface area contributed by atoms with Crippen molar-refractivity contribution in [1.82, 2.24) is 9.97 Å². The van der Waals surface area contributed by atoms with Crippen molar-refractivity contribution in [2.45, 2.75) is 11.5 Å². The molecule has 1 amide bonds. The first-order valence-corrected chi connectivity index (χ1v) is 7.76. The number of hydrogen-bond donors (Lipinski definition) is 1. The normalized spacial score (nSPS) is 14.6. The van der Waals surface area contributed by atoms with E-state index in [4.69, 9.17) is 11.6 Å². The molecule has 0 atom stereocenters. The molecule has 0 fully saturated rings. The number of anilines is 1. The summed E-state index contributed by atoms with van der Waals surface area (Å²) in [5, 5.41) is 2.96. The summed E-state index contributed by atoms with van der Waals surface area (Å²) in [6.45, 7) is 0. The second kappa shape index (κ2) is 5.82. The minimum Gasteiger partial charge on any atom is -0.395 e. The minimum absolute atomic E-state index is 0.0194. The Hall–Kier alpha value is -2.13. The molecule has 2 aromatic rings. The van der Waals surface area contributed by atoms with E-state index in [9.17, 15) is 13.6 Å². The molecular formula is C13H8ClF2N3O3S. The minimum atomic E-state index is -3.71. The van der Waals surface area contributed by atoms with E-state index in [1.54, 1.807) is 6.26 Å². The molecule has 0 aliphatic carbocycles. The number of hydrogen-bond acceptors (Lipinski definition) is 6. The zero-order chi connectivity index (χ0) is 16.6. The Kier molecular flexibility index (Phi) is 3.99. The zero-order valence-corrected chi connectivity index (χ0v) is 13.0. The molecule has 10 heteroatoms. The maximum atomic E-state index is 13.0. The zero-order valence-electron chi connectivity index (χ0n) is 11.5. The second-order valence-corrected chi connectivity index (χ2v) is 5.52. The molecule has 3 rings (SSSR count). The van der Waals surface area contributed by atoms with Crippen LogP contribution < -0.4 is 14.8 Å².